The molecule has 27 heavy (non-hydrogen) atoms. The fourth-order valence-corrected chi connectivity index (χ4v) is 3.58. The molecule has 0 aliphatic rings. The normalized spacial score (nSPS) is 11.0. The van der Waals surface area contributed by atoms with Crippen molar-refractivity contribution >= 4 is 23.4 Å². The summed E-state index contributed by atoms with van der Waals surface area (Å²) in [6.45, 7) is 2.78. The maximum absolute atomic E-state index is 6.01. The third-order valence-corrected chi connectivity index (χ3v) is 4.99. The van der Waals surface area contributed by atoms with Crippen molar-refractivity contribution in [3.8, 4) is 23.0 Å². The van der Waals surface area contributed by atoms with Gasteiger partial charge in [0.15, 0.2) is 16.8 Å². The Balaban J connectivity index is 1.51. The first-order valence-electron chi connectivity index (χ1n) is 8.30. The van der Waals surface area contributed by atoms with Crippen LogP contribution >= 0.6 is 23.4 Å². The molecule has 0 aliphatic heterocycles. The van der Waals surface area contributed by atoms with Gasteiger partial charge in [-0.2, -0.15) is 4.98 Å². The highest BCUT2D eigenvalue weighted by molar-refractivity contribution is 7.98. The lowest BCUT2D eigenvalue weighted by atomic mass is 10.2. The first-order valence-corrected chi connectivity index (χ1v) is 9.67. The summed E-state index contributed by atoms with van der Waals surface area (Å²) in [7, 11) is 0. The van der Waals surface area contributed by atoms with Crippen LogP contribution in [0.3, 0.4) is 0 Å². The van der Waals surface area contributed by atoms with E-state index in [1.54, 1.807) is 18.3 Å². The number of hydrogen-bond donors (Lipinski definition) is 0. The molecule has 0 saturated carbocycles. The van der Waals surface area contributed by atoms with Gasteiger partial charge in [0.05, 0.1) is 5.75 Å². The first kappa shape index (κ1) is 17.7. The molecule has 4 rings (SSSR count). The minimum Gasteiger partial charge on any atom is -0.334 e. The van der Waals surface area contributed by atoms with Gasteiger partial charge >= 0.3 is 0 Å². The summed E-state index contributed by atoms with van der Waals surface area (Å²) in [4.78, 5) is 8.78. The molecule has 9 heteroatoms. The Hall–Kier alpha value is -2.71. The molecule has 3 aromatic heterocycles. The Bertz CT molecular complexity index is 1050. The standard InChI is InChI=1S/C18H15ClN6OS/c1-2-25-16(14-8-3-4-9-20-14)22-23-18(25)27-11-15-21-17(26-24-15)12-6-5-7-13(19)10-12/h3-10H,2,11H2,1H3. The number of aromatic nitrogens is 6. The molecule has 0 bridgehead atoms. The molecule has 7 nitrogen and oxygen atoms in total. The van der Waals surface area contributed by atoms with E-state index in [9.17, 15) is 0 Å². The van der Waals surface area contributed by atoms with Crippen LogP contribution in [0, 0.1) is 0 Å². The molecule has 3 heterocycles. The molecule has 0 radical (unpaired) electrons. The summed E-state index contributed by atoms with van der Waals surface area (Å²) < 4.78 is 7.36. The first-order chi connectivity index (χ1) is 13.2. The van der Waals surface area contributed by atoms with Crippen molar-refractivity contribution in [3.05, 3.63) is 59.5 Å². The van der Waals surface area contributed by atoms with E-state index in [4.69, 9.17) is 16.1 Å². The zero-order valence-corrected chi connectivity index (χ0v) is 16.0. The Morgan fingerprint density at radius 1 is 1.15 bits per heavy atom. The molecule has 0 aliphatic carbocycles. The van der Waals surface area contributed by atoms with Crippen LogP contribution in [-0.4, -0.2) is 29.9 Å². The minimum absolute atomic E-state index is 0.444. The van der Waals surface area contributed by atoms with Crippen molar-refractivity contribution < 1.29 is 4.52 Å². The van der Waals surface area contributed by atoms with Gasteiger partial charge in [-0.15, -0.1) is 10.2 Å². The van der Waals surface area contributed by atoms with E-state index in [-0.39, 0.29) is 0 Å². The lowest BCUT2D eigenvalue weighted by Gasteiger charge is -2.05. The monoisotopic (exact) mass is 398 g/mol. The Morgan fingerprint density at radius 2 is 2.07 bits per heavy atom. The van der Waals surface area contributed by atoms with Crippen molar-refractivity contribution in [1.29, 1.82) is 0 Å². The van der Waals surface area contributed by atoms with Crippen LogP contribution in [0.4, 0.5) is 0 Å². The zero-order chi connectivity index (χ0) is 18.6. The van der Waals surface area contributed by atoms with Gasteiger partial charge in [0, 0.05) is 23.3 Å². The summed E-state index contributed by atoms with van der Waals surface area (Å²) in [6.07, 6.45) is 1.74. The van der Waals surface area contributed by atoms with Gasteiger partial charge in [-0.3, -0.25) is 4.98 Å². The fourth-order valence-electron chi connectivity index (χ4n) is 2.55. The molecule has 0 amide bonds. The van der Waals surface area contributed by atoms with Crippen LogP contribution in [-0.2, 0) is 12.3 Å². The molecule has 0 fully saturated rings. The lowest BCUT2D eigenvalue weighted by molar-refractivity contribution is 0.425. The van der Waals surface area contributed by atoms with Crippen LogP contribution < -0.4 is 0 Å². The molecule has 0 N–H and O–H groups in total. The Morgan fingerprint density at radius 3 is 2.85 bits per heavy atom. The van der Waals surface area contributed by atoms with E-state index in [1.807, 2.05) is 41.8 Å². The minimum atomic E-state index is 0.444. The highest BCUT2D eigenvalue weighted by atomic mass is 35.5. The predicted molar refractivity (Wildman–Crippen MR) is 103 cm³/mol. The van der Waals surface area contributed by atoms with Gasteiger partial charge in [-0.1, -0.05) is 40.7 Å². The zero-order valence-electron chi connectivity index (χ0n) is 14.4. The molecule has 0 atom stereocenters. The summed E-state index contributed by atoms with van der Waals surface area (Å²) >= 11 is 7.51. The molecule has 1 aromatic carbocycles. The van der Waals surface area contributed by atoms with E-state index in [0.717, 1.165) is 28.8 Å². The maximum Gasteiger partial charge on any atom is 0.258 e. The van der Waals surface area contributed by atoms with Crippen LogP contribution in [0.15, 0.2) is 58.3 Å². The second-order valence-electron chi connectivity index (χ2n) is 5.58. The van der Waals surface area contributed by atoms with Gasteiger partial charge in [0.1, 0.15) is 5.69 Å². The quantitative estimate of drug-likeness (QED) is 0.446. The van der Waals surface area contributed by atoms with Crippen LogP contribution in [0.2, 0.25) is 5.02 Å². The largest absolute Gasteiger partial charge is 0.334 e. The van der Waals surface area contributed by atoms with Gasteiger partial charge in [-0.05, 0) is 37.3 Å². The highest BCUT2D eigenvalue weighted by Gasteiger charge is 2.16. The number of hydrogen-bond acceptors (Lipinski definition) is 7. The third-order valence-electron chi connectivity index (χ3n) is 3.80. The fraction of sp³-hybridized carbons (Fsp3) is 0.167. The Labute approximate surface area is 164 Å². The van der Waals surface area contributed by atoms with E-state index in [1.165, 1.54) is 11.8 Å². The maximum atomic E-state index is 6.01. The summed E-state index contributed by atoms with van der Waals surface area (Å²) in [5.41, 5.74) is 1.59. The number of nitrogens with zero attached hydrogens (tertiary/aromatic N) is 6. The van der Waals surface area contributed by atoms with Crippen LogP contribution in [0.25, 0.3) is 23.0 Å². The number of thioether (sulfide) groups is 1. The van der Waals surface area contributed by atoms with Crippen molar-refractivity contribution in [2.24, 2.45) is 0 Å². The summed E-state index contributed by atoms with van der Waals surface area (Å²) in [5, 5.41) is 14.0. The second kappa shape index (κ2) is 7.89. The second-order valence-corrected chi connectivity index (χ2v) is 6.96. The lowest BCUT2D eigenvalue weighted by Crippen LogP contribution is -2.01. The van der Waals surface area contributed by atoms with E-state index >= 15 is 0 Å². The smallest absolute Gasteiger partial charge is 0.258 e. The predicted octanol–water partition coefficient (Wildman–Crippen LogP) is 4.36. The van der Waals surface area contributed by atoms with Gasteiger partial charge in [0.25, 0.3) is 5.89 Å². The Kier molecular flexibility index (Phi) is 5.17. The van der Waals surface area contributed by atoms with E-state index in [0.29, 0.717) is 22.5 Å². The van der Waals surface area contributed by atoms with Crippen molar-refractivity contribution in [3.63, 3.8) is 0 Å². The number of pyridine rings is 1. The van der Waals surface area contributed by atoms with Crippen molar-refractivity contribution in [2.45, 2.75) is 24.4 Å². The van der Waals surface area contributed by atoms with Crippen molar-refractivity contribution in [2.75, 3.05) is 0 Å². The van der Waals surface area contributed by atoms with Crippen LogP contribution in [0.1, 0.15) is 12.7 Å². The van der Waals surface area contributed by atoms with E-state index < -0.39 is 0 Å². The molecule has 4 aromatic rings. The summed E-state index contributed by atoms with van der Waals surface area (Å²) in [6, 6.07) is 13.0. The van der Waals surface area contributed by atoms with Gasteiger partial charge in [0.2, 0.25) is 0 Å². The van der Waals surface area contributed by atoms with E-state index in [2.05, 4.69) is 25.3 Å². The van der Waals surface area contributed by atoms with Crippen LogP contribution in [0.5, 0.6) is 0 Å². The van der Waals surface area contributed by atoms with Gasteiger partial charge in [-0.25, -0.2) is 0 Å². The molecule has 0 saturated heterocycles. The molecule has 0 unspecified atom stereocenters. The number of rotatable bonds is 6. The number of benzene rings is 1. The highest BCUT2D eigenvalue weighted by Crippen LogP contribution is 2.26. The molecular formula is C18H15ClN6OS. The average molecular weight is 399 g/mol. The van der Waals surface area contributed by atoms with Crippen molar-refractivity contribution in [1.82, 2.24) is 29.9 Å². The molecule has 136 valence electrons. The molecular weight excluding hydrogens is 384 g/mol. The molecule has 0 spiro atoms. The number of halogens is 1. The SMILES string of the molecule is CCn1c(SCc2noc(-c3cccc(Cl)c3)n2)nnc1-c1ccccn1. The third kappa shape index (κ3) is 3.86. The topological polar surface area (TPSA) is 82.5 Å². The average Bonchev–Trinajstić information content (AvgIpc) is 3.34. The summed E-state index contributed by atoms with van der Waals surface area (Å²) in [5.74, 6) is 2.29. The van der Waals surface area contributed by atoms with Gasteiger partial charge < -0.3 is 9.09 Å².